The quantitative estimate of drug-likeness (QED) is 0.325. The molecule has 0 aliphatic carbocycles. The van der Waals surface area contributed by atoms with Gasteiger partial charge in [-0.2, -0.15) is 0 Å². The van der Waals surface area contributed by atoms with Gasteiger partial charge in [-0.25, -0.2) is 0 Å². The molecule has 0 N–H and O–H groups in total. The molecule has 0 aromatic carbocycles. The Morgan fingerprint density at radius 1 is 0.684 bits per heavy atom. The smallest absolute Gasteiger partial charge is 0.545 e. The van der Waals surface area contributed by atoms with Gasteiger partial charge >= 0.3 is 23.9 Å². The maximum atomic E-state index is 9.63. The van der Waals surface area contributed by atoms with E-state index in [0.717, 1.165) is 0 Å². The summed E-state index contributed by atoms with van der Waals surface area (Å²) in [6.45, 7) is 0. The van der Waals surface area contributed by atoms with Crippen LogP contribution in [0.1, 0.15) is 0 Å². The molecule has 0 spiro atoms. The van der Waals surface area contributed by atoms with Crippen molar-refractivity contribution >= 4 is 71.0 Å². The van der Waals surface area contributed by atoms with Crippen molar-refractivity contribution in [1.29, 1.82) is 0 Å². The van der Waals surface area contributed by atoms with E-state index >= 15 is 0 Å². The normalized spacial score (nSPS) is 10.4. The number of carbonyl (C=O) groups is 4. The van der Waals surface area contributed by atoms with Crippen molar-refractivity contribution in [2.75, 3.05) is 0 Å². The van der Waals surface area contributed by atoms with Crippen LogP contribution in [0.5, 0.6) is 0 Å². The van der Waals surface area contributed by atoms with Gasteiger partial charge in [0.2, 0.25) is 0 Å². The van der Waals surface area contributed by atoms with Crippen molar-refractivity contribution in [3.8, 4) is 0 Å². The predicted octanol–water partition coefficient (Wildman–Crippen LogP) is -5.16. The van der Waals surface area contributed by atoms with Crippen LogP contribution in [0.2, 0.25) is 0 Å². The first-order valence-corrected chi connectivity index (χ1v) is 4.42. The first-order chi connectivity index (χ1) is 8.07. The Morgan fingerprint density at radius 3 is 0.947 bits per heavy atom. The summed E-state index contributed by atoms with van der Waals surface area (Å²) in [5.74, 6) is -6.80. The molecule has 11 heteroatoms. The summed E-state index contributed by atoms with van der Waals surface area (Å²) in [6, 6.07) is 0. The van der Waals surface area contributed by atoms with E-state index in [1.165, 1.54) is 0 Å². The third kappa shape index (κ3) is 16.7. The maximum absolute atomic E-state index is 9.63. The molecule has 0 aromatic heterocycles. The number of hydrogen-bond donors (Lipinski definition) is 0. The summed E-state index contributed by atoms with van der Waals surface area (Å²) >= 11 is 9.58. The maximum Gasteiger partial charge on any atom is 4.00 e. The first-order valence-electron chi connectivity index (χ1n) is 3.67. The molecule has 0 fully saturated rings. The van der Waals surface area contributed by atoms with Crippen molar-refractivity contribution in [1.82, 2.24) is 0 Å². The largest absolute Gasteiger partial charge is 4.00 e. The Hall–Kier alpha value is -1.26. The van der Waals surface area contributed by atoms with E-state index < -0.39 is 33.9 Å². The molecule has 8 nitrogen and oxygen atoms in total. The average Bonchev–Trinajstić information content (AvgIpc) is 2.16. The van der Waals surface area contributed by atoms with Gasteiger partial charge in [-0.05, 0) is 12.2 Å². The summed E-state index contributed by atoms with van der Waals surface area (Å²) in [5.41, 5.74) is 0. The van der Waals surface area contributed by atoms with Gasteiger partial charge in [-0.3, -0.25) is 0 Å². The van der Waals surface area contributed by atoms with Crippen LogP contribution in [0.25, 0.3) is 0 Å². The van der Waals surface area contributed by atoms with Gasteiger partial charge in [0, 0.05) is 0 Å². The minimum absolute atomic E-state index is 0. The molecular weight excluding hydrogens is 414 g/mol. The van der Waals surface area contributed by atoms with Gasteiger partial charge in [-0.1, -0.05) is 23.2 Å². The molecule has 0 aromatic rings. The first kappa shape index (κ1) is 22.9. The fourth-order valence-electron chi connectivity index (χ4n) is 0.325. The Labute approximate surface area is 132 Å². The van der Waals surface area contributed by atoms with E-state index in [1.54, 1.807) is 0 Å². The van der Waals surface area contributed by atoms with Crippen molar-refractivity contribution < 1.29 is 39.6 Å². The Kier molecular flexibility index (Phi) is 14.2. The molecule has 0 aliphatic heterocycles. The number of hydrogen-bond acceptors (Lipinski definition) is 8. The average molecular weight is 416 g/mol. The zero-order chi connectivity index (χ0) is 14.9. The molecule has 0 saturated heterocycles. The van der Waals surface area contributed by atoms with Crippen molar-refractivity contribution in [2.45, 2.75) is 0 Å². The van der Waals surface area contributed by atoms with Gasteiger partial charge in [0.1, 0.15) is 0 Å². The third-order valence-corrected chi connectivity index (χ3v) is 1.41. The van der Waals surface area contributed by atoms with E-state index in [1.807, 2.05) is 0 Å². The molecule has 19 heavy (non-hydrogen) atoms. The molecule has 0 unspecified atom stereocenters. The number of carbonyl (C=O) groups excluding carboxylic acids is 4. The molecule has 0 radical (unpaired) electrons. The molecular formula is C8H2Cl2O8Sn. The molecule has 100 valence electrons. The minimum atomic E-state index is -1.74. The Bertz CT molecular complexity index is 388. The van der Waals surface area contributed by atoms with Gasteiger partial charge in [0.15, 0.2) is 0 Å². The van der Waals surface area contributed by atoms with Gasteiger partial charge in [-0.15, -0.1) is 0 Å². The van der Waals surface area contributed by atoms with Gasteiger partial charge in [0.05, 0.1) is 33.9 Å². The Morgan fingerprint density at radius 2 is 0.895 bits per heavy atom. The number of aliphatic carboxylic acids is 4. The summed E-state index contributed by atoms with van der Waals surface area (Å²) in [5, 5.41) is 36.6. The fraction of sp³-hybridized carbons (Fsp3) is 0. The second kappa shape index (κ2) is 11.8. The van der Waals surface area contributed by atoms with Crippen LogP contribution in [0, 0.1) is 0 Å². The standard InChI is InChI=1S/2C4H3ClO4.Sn/c2*5-2(4(8)9)1-3(6)7;/h2*1H,(H,6,7)(H,8,9);/q;;+4/p-4/b2*2-1+;. The van der Waals surface area contributed by atoms with Crippen LogP contribution in [-0.2, 0) is 19.2 Å². The second-order valence-corrected chi connectivity index (χ2v) is 3.01. The van der Waals surface area contributed by atoms with E-state index in [-0.39, 0.29) is 36.1 Å². The molecule has 0 atom stereocenters. The predicted molar refractivity (Wildman–Crippen MR) is 53.7 cm³/mol. The van der Waals surface area contributed by atoms with Crippen molar-refractivity contribution in [3.63, 3.8) is 0 Å². The number of carboxylic acid groups (broad SMARTS) is 4. The minimum Gasteiger partial charge on any atom is -0.545 e. The molecule has 0 bridgehead atoms. The zero-order valence-electron chi connectivity index (χ0n) is 8.68. The number of halogens is 2. The summed E-state index contributed by atoms with van der Waals surface area (Å²) in [6.07, 6.45) is 0.466. The molecule has 0 saturated carbocycles. The van der Waals surface area contributed by atoms with Gasteiger partial charge < -0.3 is 39.6 Å². The van der Waals surface area contributed by atoms with E-state index in [4.69, 9.17) is 23.2 Å². The van der Waals surface area contributed by atoms with Crippen LogP contribution < -0.4 is 20.4 Å². The SMILES string of the molecule is O=C([O-])/C=C(/Cl)C(=O)[O-].O=C([O-])/C=C(/Cl)C(=O)[O-].[Sn+4]. The van der Waals surface area contributed by atoms with Crippen LogP contribution >= 0.6 is 23.2 Å². The van der Waals surface area contributed by atoms with E-state index in [2.05, 4.69) is 0 Å². The van der Waals surface area contributed by atoms with E-state index in [0.29, 0.717) is 0 Å². The molecule has 0 amide bonds. The van der Waals surface area contributed by atoms with Crippen LogP contribution in [-0.4, -0.2) is 47.8 Å². The fourth-order valence-corrected chi connectivity index (χ4v) is 0.503. The van der Waals surface area contributed by atoms with Crippen molar-refractivity contribution in [3.05, 3.63) is 22.2 Å². The van der Waals surface area contributed by atoms with Crippen LogP contribution in [0.15, 0.2) is 22.2 Å². The summed E-state index contributed by atoms with van der Waals surface area (Å²) in [4.78, 5) is 38.4. The second-order valence-electron chi connectivity index (χ2n) is 2.20. The third-order valence-electron chi connectivity index (χ3n) is 0.879. The molecule has 0 aliphatic rings. The topological polar surface area (TPSA) is 161 Å². The van der Waals surface area contributed by atoms with Crippen molar-refractivity contribution in [2.24, 2.45) is 0 Å². The zero-order valence-corrected chi connectivity index (χ0v) is 13.0. The molecule has 0 rings (SSSR count). The Balaban J connectivity index is -0.000000256. The van der Waals surface area contributed by atoms with E-state index in [9.17, 15) is 39.6 Å². The number of carboxylic acids is 4. The molecule has 0 heterocycles. The summed E-state index contributed by atoms with van der Waals surface area (Å²) in [7, 11) is 0. The van der Waals surface area contributed by atoms with Crippen LogP contribution in [0.3, 0.4) is 0 Å². The van der Waals surface area contributed by atoms with Crippen LogP contribution in [0.4, 0.5) is 0 Å². The van der Waals surface area contributed by atoms with Gasteiger partial charge in [0.25, 0.3) is 0 Å². The number of rotatable bonds is 4. The summed E-state index contributed by atoms with van der Waals surface area (Å²) < 4.78 is 0. The monoisotopic (exact) mass is 416 g/mol.